The van der Waals surface area contributed by atoms with E-state index in [0.717, 1.165) is 58.0 Å². The zero-order valence-electron chi connectivity index (χ0n) is 20.5. The maximum atomic E-state index is 13.1. The Kier molecular flexibility index (Phi) is 6.76. The van der Waals surface area contributed by atoms with Crippen molar-refractivity contribution in [3.63, 3.8) is 0 Å². The van der Waals surface area contributed by atoms with E-state index in [0.29, 0.717) is 0 Å². The minimum Gasteiger partial charge on any atom is -0.352 e. The molecule has 2 amide bonds. The highest BCUT2D eigenvalue weighted by molar-refractivity contribution is 7.17. The Balaban J connectivity index is 1.64. The van der Waals surface area contributed by atoms with Crippen molar-refractivity contribution in [3.8, 4) is 0 Å². The minimum atomic E-state index is -0.127. The van der Waals surface area contributed by atoms with E-state index < -0.39 is 0 Å². The molecular formula is C27H35N3O2S. The summed E-state index contributed by atoms with van der Waals surface area (Å²) in [5, 5.41) is 3.99. The number of thiophene rings is 1. The monoisotopic (exact) mass is 465 g/mol. The minimum absolute atomic E-state index is 0.0486. The van der Waals surface area contributed by atoms with Crippen LogP contribution in [-0.2, 0) is 15.0 Å². The molecule has 1 fully saturated rings. The van der Waals surface area contributed by atoms with E-state index in [-0.39, 0.29) is 36.4 Å². The molecule has 0 saturated heterocycles. The summed E-state index contributed by atoms with van der Waals surface area (Å²) < 4.78 is 0. The second-order valence-corrected chi connectivity index (χ2v) is 11.5. The number of anilines is 1. The molecule has 5 nitrogen and oxygen atoms in total. The smallest absolute Gasteiger partial charge is 0.249 e. The summed E-state index contributed by atoms with van der Waals surface area (Å²) in [7, 11) is 0. The zero-order valence-corrected chi connectivity index (χ0v) is 21.3. The molecule has 0 unspecified atom stereocenters. The average molecular weight is 466 g/mol. The molecule has 6 heteroatoms. The van der Waals surface area contributed by atoms with Crippen LogP contribution in [-0.4, -0.2) is 36.7 Å². The fraction of sp³-hybridized carbons (Fsp3) is 0.519. The molecule has 1 aromatic carbocycles. The van der Waals surface area contributed by atoms with Crippen LogP contribution in [0.15, 0.2) is 29.3 Å². The van der Waals surface area contributed by atoms with Crippen LogP contribution in [0.2, 0.25) is 0 Å². The van der Waals surface area contributed by atoms with Gasteiger partial charge in [-0.2, -0.15) is 0 Å². The lowest BCUT2D eigenvalue weighted by molar-refractivity contribution is -0.123. The lowest BCUT2D eigenvalue weighted by Gasteiger charge is -2.25. The van der Waals surface area contributed by atoms with Crippen molar-refractivity contribution in [2.75, 3.05) is 18.0 Å². The van der Waals surface area contributed by atoms with Gasteiger partial charge in [0.15, 0.2) is 0 Å². The van der Waals surface area contributed by atoms with Crippen LogP contribution >= 0.6 is 11.3 Å². The van der Waals surface area contributed by atoms with Crippen molar-refractivity contribution in [1.29, 1.82) is 0 Å². The maximum Gasteiger partial charge on any atom is 0.249 e. The molecule has 1 aliphatic heterocycles. The number of fused-ring (bicyclic) bond motifs is 1. The molecule has 0 spiro atoms. The number of aryl methyl sites for hydroxylation is 1. The van der Waals surface area contributed by atoms with Gasteiger partial charge in [0.1, 0.15) is 18.1 Å². The number of hydrogen-bond donors (Lipinski definition) is 1. The molecule has 2 heterocycles. The molecule has 33 heavy (non-hydrogen) atoms. The first kappa shape index (κ1) is 23.7. The number of carbonyl (C=O) groups excluding carboxylic acids is 2. The molecule has 1 aromatic heterocycles. The fourth-order valence-electron chi connectivity index (χ4n) is 4.69. The van der Waals surface area contributed by atoms with E-state index in [1.807, 2.05) is 0 Å². The lowest BCUT2D eigenvalue weighted by atomic mass is 9.86. The van der Waals surface area contributed by atoms with Crippen molar-refractivity contribution < 1.29 is 9.59 Å². The second kappa shape index (κ2) is 9.41. The van der Waals surface area contributed by atoms with Crippen LogP contribution in [0.25, 0.3) is 0 Å². The Morgan fingerprint density at radius 1 is 1.12 bits per heavy atom. The van der Waals surface area contributed by atoms with Crippen molar-refractivity contribution in [1.82, 2.24) is 5.32 Å². The first-order chi connectivity index (χ1) is 15.6. The third-order valence-electron chi connectivity index (χ3n) is 6.82. The lowest BCUT2D eigenvalue weighted by Crippen LogP contribution is -2.45. The Morgan fingerprint density at radius 3 is 2.42 bits per heavy atom. The third-order valence-corrected chi connectivity index (χ3v) is 8.05. The van der Waals surface area contributed by atoms with Crippen LogP contribution < -0.4 is 10.2 Å². The zero-order chi connectivity index (χ0) is 23.8. The van der Waals surface area contributed by atoms with Crippen LogP contribution in [0.5, 0.6) is 0 Å². The number of carbonyl (C=O) groups is 2. The largest absolute Gasteiger partial charge is 0.352 e. The topological polar surface area (TPSA) is 61.8 Å². The number of hydrogen-bond acceptors (Lipinski definition) is 4. The molecule has 2 aliphatic rings. The van der Waals surface area contributed by atoms with E-state index >= 15 is 0 Å². The van der Waals surface area contributed by atoms with Crippen molar-refractivity contribution in [2.45, 2.75) is 78.2 Å². The van der Waals surface area contributed by atoms with E-state index in [4.69, 9.17) is 4.99 Å². The van der Waals surface area contributed by atoms with Crippen molar-refractivity contribution in [2.24, 2.45) is 4.99 Å². The van der Waals surface area contributed by atoms with Gasteiger partial charge in [-0.05, 0) is 43.2 Å². The first-order valence-corrected chi connectivity index (χ1v) is 12.8. The van der Waals surface area contributed by atoms with Gasteiger partial charge in [-0.25, -0.2) is 0 Å². The number of nitrogens with zero attached hydrogens (tertiary/aromatic N) is 2. The standard InChI is InChI=1S/C27H35N3O2S/c1-17-18(2)33-26-24(17)25(19-11-13-20(14-12-19)27(3,4)5)28-15-23(32)30(26)16-22(31)29-21-9-7-6-8-10-21/h11-14,21H,6-10,15-16H2,1-5H3,(H,29,31). The summed E-state index contributed by atoms with van der Waals surface area (Å²) in [6, 6.07) is 8.73. The highest BCUT2D eigenvalue weighted by Crippen LogP contribution is 2.39. The van der Waals surface area contributed by atoms with Gasteiger partial charge >= 0.3 is 0 Å². The van der Waals surface area contributed by atoms with Gasteiger partial charge in [-0.15, -0.1) is 11.3 Å². The molecule has 0 bridgehead atoms. The molecule has 0 radical (unpaired) electrons. The van der Waals surface area contributed by atoms with Gasteiger partial charge in [0.2, 0.25) is 11.8 Å². The Morgan fingerprint density at radius 2 is 1.79 bits per heavy atom. The van der Waals surface area contributed by atoms with Gasteiger partial charge in [-0.3, -0.25) is 19.5 Å². The van der Waals surface area contributed by atoms with Crippen molar-refractivity contribution in [3.05, 3.63) is 51.4 Å². The van der Waals surface area contributed by atoms with Gasteiger partial charge in [0, 0.05) is 22.0 Å². The molecule has 1 aliphatic carbocycles. The van der Waals surface area contributed by atoms with Crippen molar-refractivity contribution >= 4 is 33.9 Å². The van der Waals surface area contributed by atoms with Gasteiger partial charge in [-0.1, -0.05) is 64.3 Å². The fourth-order valence-corrected chi connectivity index (χ4v) is 5.86. The average Bonchev–Trinajstić information content (AvgIpc) is 2.99. The summed E-state index contributed by atoms with van der Waals surface area (Å²) in [6.07, 6.45) is 5.61. The van der Waals surface area contributed by atoms with E-state index in [1.165, 1.54) is 12.0 Å². The van der Waals surface area contributed by atoms with Gasteiger partial charge in [0.05, 0.1) is 5.71 Å². The quantitative estimate of drug-likeness (QED) is 0.666. The molecular weight excluding hydrogens is 430 g/mol. The van der Waals surface area contributed by atoms with E-state index in [2.05, 4.69) is 64.2 Å². The first-order valence-electron chi connectivity index (χ1n) is 12.0. The molecule has 1 N–H and O–H groups in total. The second-order valence-electron chi connectivity index (χ2n) is 10.3. The number of amides is 2. The van der Waals surface area contributed by atoms with Crippen LogP contribution in [0.4, 0.5) is 5.00 Å². The van der Waals surface area contributed by atoms with E-state index in [9.17, 15) is 9.59 Å². The van der Waals surface area contributed by atoms with Crippen LogP contribution in [0.1, 0.15) is 80.0 Å². The van der Waals surface area contributed by atoms with Crippen LogP contribution in [0, 0.1) is 13.8 Å². The Hall–Kier alpha value is -2.47. The summed E-state index contributed by atoms with van der Waals surface area (Å²) in [6.45, 7) is 10.8. The summed E-state index contributed by atoms with van der Waals surface area (Å²) >= 11 is 1.58. The number of benzene rings is 1. The van der Waals surface area contributed by atoms with E-state index in [1.54, 1.807) is 16.2 Å². The Labute approximate surface area is 201 Å². The predicted molar refractivity (Wildman–Crippen MR) is 137 cm³/mol. The maximum absolute atomic E-state index is 13.1. The summed E-state index contributed by atoms with van der Waals surface area (Å²) in [5.74, 6) is -0.208. The van der Waals surface area contributed by atoms with Crippen LogP contribution in [0.3, 0.4) is 0 Å². The highest BCUT2D eigenvalue weighted by Gasteiger charge is 2.31. The highest BCUT2D eigenvalue weighted by atomic mass is 32.1. The molecule has 0 atom stereocenters. The SMILES string of the molecule is Cc1sc2c(c1C)C(c1ccc(C(C)(C)C)cc1)=NCC(=O)N2CC(=O)NC1CCCCC1. The normalized spacial score (nSPS) is 17.4. The molecule has 1 saturated carbocycles. The molecule has 4 rings (SSSR count). The Bertz CT molecular complexity index is 1070. The predicted octanol–water partition coefficient (Wildman–Crippen LogP) is 5.30. The summed E-state index contributed by atoms with van der Waals surface area (Å²) in [4.78, 5) is 33.6. The molecule has 2 aromatic rings. The third kappa shape index (κ3) is 5.06. The van der Waals surface area contributed by atoms with Gasteiger partial charge < -0.3 is 5.32 Å². The van der Waals surface area contributed by atoms with Gasteiger partial charge in [0.25, 0.3) is 0 Å². The number of nitrogens with one attached hydrogen (secondary N) is 1. The number of rotatable bonds is 4. The molecule has 176 valence electrons. The number of aliphatic imine (C=N–C) groups is 1. The summed E-state index contributed by atoms with van der Waals surface area (Å²) in [5.41, 5.74) is 5.29.